The number of aromatic nitrogens is 2. The van der Waals surface area contributed by atoms with Crippen LogP contribution in [0.4, 0.5) is 0 Å². The Bertz CT molecular complexity index is 724. The van der Waals surface area contributed by atoms with Gasteiger partial charge in [-0.1, -0.05) is 17.7 Å². The molecule has 2 aromatic rings. The van der Waals surface area contributed by atoms with Crippen LogP contribution in [0.25, 0.3) is 11.7 Å². The molecule has 0 fully saturated rings. The standard InChI is InChI=1S/C15H16ClN3O3/c1-18(9-4-6-14(21)22)13(20)8-7-11-15(16)17-12-5-2-3-10-19(11)12/h2-3,5,7-8,10H,4,6,9H2,1H3,(H,21,22)/b8-7+. The minimum absolute atomic E-state index is 0.0421. The molecule has 0 bridgehead atoms. The summed E-state index contributed by atoms with van der Waals surface area (Å²) in [5.74, 6) is -1.08. The lowest BCUT2D eigenvalue weighted by molar-refractivity contribution is -0.137. The summed E-state index contributed by atoms with van der Waals surface area (Å²) in [4.78, 5) is 28.1. The second kappa shape index (κ2) is 7.09. The van der Waals surface area contributed by atoms with Crippen LogP contribution in [0.2, 0.25) is 5.15 Å². The number of carbonyl (C=O) groups excluding carboxylic acids is 1. The summed E-state index contributed by atoms with van der Waals surface area (Å²) in [7, 11) is 1.63. The molecule has 0 unspecified atom stereocenters. The fraction of sp³-hybridized carbons (Fsp3) is 0.267. The molecule has 2 heterocycles. The van der Waals surface area contributed by atoms with Crippen LogP contribution in [0.1, 0.15) is 18.5 Å². The van der Waals surface area contributed by atoms with Crippen molar-refractivity contribution < 1.29 is 14.7 Å². The Morgan fingerprint density at radius 2 is 2.23 bits per heavy atom. The molecule has 0 aliphatic rings. The lowest BCUT2D eigenvalue weighted by Crippen LogP contribution is -2.26. The van der Waals surface area contributed by atoms with Gasteiger partial charge in [-0.2, -0.15) is 0 Å². The molecule has 0 saturated carbocycles. The summed E-state index contributed by atoms with van der Waals surface area (Å²) in [6, 6.07) is 5.53. The van der Waals surface area contributed by atoms with Crippen molar-refractivity contribution >= 4 is 35.2 Å². The molecular formula is C15H16ClN3O3. The largest absolute Gasteiger partial charge is 0.481 e. The van der Waals surface area contributed by atoms with Crippen molar-refractivity contribution in [3.8, 4) is 0 Å². The molecule has 0 aromatic carbocycles. The summed E-state index contributed by atoms with van der Waals surface area (Å²) >= 11 is 6.08. The maximum Gasteiger partial charge on any atom is 0.303 e. The summed E-state index contributed by atoms with van der Waals surface area (Å²) in [5.41, 5.74) is 1.33. The van der Waals surface area contributed by atoms with E-state index in [-0.39, 0.29) is 12.3 Å². The van der Waals surface area contributed by atoms with Gasteiger partial charge in [0.05, 0.1) is 5.69 Å². The topological polar surface area (TPSA) is 74.9 Å². The van der Waals surface area contributed by atoms with Gasteiger partial charge < -0.3 is 10.0 Å². The number of carbonyl (C=O) groups is 2. The first-order valence-electron chi connectivity index (χ1n) is 6.76. The van der Waals surface area contributed by atoms with E-state index in [2.05, 4.69) is 4.98 Å². The van der Waals surface area contributed by atoms with E-state index < -0.39 is 5.97 Å². The number of fused-ring (bicyclic) bond motifs is 1. The molecule has 0 radical (unpaired) electrons. The van der Waals surface area contributed by atoms with E-state index in [1.54, 1.807) is 17.5 Å². The van der Waals surface area contributed by atoms with Crippen LogP contribution in [-0.2, 0) is 9.59 Å². The van der Waals surface area contributed by atoms with E-state index in [0.29, 0.717) is 29.5 Å². The number of hydrogen-bond donors (Lipinski definition) is 1. The number of likely N-dealkylation sites (N-methyl/N-ethyl adjacent to an activating group) is 1. The third-order valence-electron chi connectivity index (χ3n) is 3.17. The van der Waals surface area contributed by atoms with Gasteiger partial charge in [-0.15, -0.1) is 0 Å². The first-order chi connectivity index (χ1) is 10.5. The highest BCUT2D eigenvalue weighted by Crippen LogP contribution is 2.18. The zero-order chi connectivity index (χ0) is 16.1. The predicted octanol–water partition coefficient (Wildman–Crippen LogP) is 2.32. The molecule has 2 rings (SSSR count). The number of amides is 1. The van der Waals surface area contributed by atoms with Crippen LogP contribution in [0.3, 0.4) is 0 Å². The Hall–Kier alpha value is -2.34. The fourth-order valence-electron chi connectivity index (χ4n) is 1.99. The molecule has 22 heavy (non-hydrogen) atoms. The van der Waals surface area contributed by atoms with Gasteiger partial charge in [0, 0.05) is 32.3 Å². The number of rotatable bonds is 6. The summed E-state index contributed by atoms with van der Waals surface area (Å²) in [6.07, 6.45) is 5.29. The first kappa shape index (κ1) is 16.0. The molecule has 116 valence electrons. The Kier molecular flexibility index (Phi) is 5.16. The molecule has 1 amide bonds. The Morgan fingerprint density at radius 1 is 1.45 bits per heavy atom. The van der Waals surface area contributed by atoms with Crippen molar-refractivity contribution in [2.24, 2.45) is 0 Å². The van der Waals surface area contributed by atoms with Crippen molar-refractivity contribution in [1.82, 2.24) is 14.3 Å². The van der Waals surface area contributed by atoms with E-state index in [0.717, 1.165) is 0 Å². The van der Waals surface area contributed by atoms with Gasteiger partial charge in [0.1, 0.15) is 5.65 Å². The van der Waals surface area contributed by atoms with Gasteiger partial charge >= 0.3 is 5.97 Å². The minimum atomic E-state index is -0.867. The molecule has 0 saturated heterocycles. The third kappa shape index (κ3) is 3.85. The third-order valence-corrected chi connectivity index (χ3v) is 3.44. The number of nitrogens with zero attached hydrogens (tertiary/aromatic N) is 3. The number of pyridine rings is 1. The second-order valence-electron chi connectivity index (χ2n) is 4.81. The van der Waals surface area contributed by atoms with Gasteiger partial charge in [0.25, 0.3) is 0 Å². The molecule has 0 aliphatic carbocycles. The number of carboxylic acids is 1. The lowest BCUT2D eigenvalue weighted by atomic mass is 10.3. The van der Waals surface area contributed by atoms with Crippen molar-refractivity contribution in [1.29, 1.82) is 0 Å². The minimum Gasteiger partial charge on any atom is -0.481 e. The van der Waals surface area contributed by atoms with E-state index in [9.17, 15) is 9.59 Å². The van der Waals surface area contributed by atoms with Crippen molar-refractivity contribution in [3.05, 3.63) is 41.3 Å². The van der Waals surface area contributed by atoms with Gasteiger partial charge in [-0.3, -0.25) is 14.0 Å². The zero-order valence-corrected chi connectivity index (χ0v) is 12.8. The molecule has 6 nitrogen and oxygen atoms in total. The Labute approximate surface area is 132 Å². The Morgan fingerprint density at radius 3 is 2.95 bits per heavy atom. The van der Waals surface area contributed by atoms with Gasteiger partial charge in [0.2, 0.25) is 5.91 Å². The SMILES string of the molecule is CN(CCCC(=O)O)C(=O)/C=C/c1c(Cl)nc2ccccn12. The lowest BCUT2D eigenvalue weighted by Gasteiger charge is -2.13. The van der Waals surface area contributed by atoms with Gasteiger partial charge in [0.15, 0.2) is 5.15 Å². The van der Waals surface area contributed by atoms with Crippen LogP contribution in [-0.4, -0.2) is 44.9 Å². The van der Waals surface area contributed by atoms with Crippen LogP contribution >= 0.6 is 11.6 Å². The molecule has 2 aromatic heterocycles. The number of imidazole rings is 1. The number of hydrogen-bond acceptors (Lipinski definition) is 3. The van der Waals surface area contributed by atoms with Crippen LogP contribution in [0.5, 0.6) is 0 Å². The van der Waals surface area contributed by atoms with E-state index in [1.807, 2.05) is 24.4 Å². The van der Waals surface area contributed by atoms with Crippen molar-refractivity contribution in [3.63, 3.8) is 0 Å². The summed E-state index contributed by atoms with van der Waals surface area (Å²) < 4.78 is 1.79. The van der Waals surface area contributed by atoms with E-state index in [4.69, 9.17) is 16.7 Å². The molecule has 0 spiro atoms. The first-order valence-corrected chi connectivity index (χ1v) is 7.14. The van der Waals surface area contributed by atoms with Crippen molar-refractivity contribution in [2.45, 2.75) is 12.8 Å². The maximum absolute atomic E-state index is 12.0. The smallest absolute Gasteiger partial charge is 0.303 e. The van der Waals surface area contributed by atoms with E-state index >= 15 is 0 Å². The normalized spacial score (nSPS) is 11.2. The second-order valence-corrected chi connectivity index (χ2v) is 5.17. The molecule has 0 atom stereocenters. The van der Waals surface area contributed by atoms with Crippen molar-refractivity contribution in [2.75, 3.05) is 13.6 Å². The van der Waals surface area contributed by atoms with Crippen LogP contribution in [0.15, 0.2) is 30.5 Å². The molecular weight excluding hydrogens is 306 g/mol. The number of halogens is 1. The van der Waals surface area contributed by atoms with Gasteiger partial charge in [-0.05, 0) is 24.6 Å². The molecule has 1 N–H and O–H groups in total. The monoisotopic (exact) mass is 321 g/mol. The quantitative estimate of drug-likeness (QED) is 0.829. The van der Waals surface area contributed by atoms with E-state index in [1.165, 1.54) is 11.0 Å². The average Bonchev–Trinajstić information content (AvgIpc) is 2.79. The molecule has 7 heteroatoms. The van der Waals surface area contributed by atoms with Crippen LogP contribution < -0.4 is 0 Å². The molecule has 0 aliphatic heterocycles. The van der Waals surface area contributed by atoms with Crippen LogP contribution in [0, 0.1) is 0 Å². The van der Waals surface area contributed by atoms with Gasteiger partial charge in [-0.25, -0.2) is 4.98 Å². The average molecular weight is 322 g/mol. The number of aliphatic carboxylic acids is 1. The zero-order valence-electron chi connectivity index (χ0n) is 12.1. The summed E-state index contributed by atoms with van der Waals surface area (Å²) in [6.45, 7) is 0.385. The Balaban J connectivity index is 2.05. The highest BCUT2D eigenvalue weighted by molar-refractivity contribution is 6.31. The maximum atomic E-state index is 12.0. The highest BCUT2D eigenvalue weighted by atomic mass is 35.5. The number of carboxylic acid groups (broad SMARTS) is 1. The fourth-order valence-corrected chi connectivity index (χ4v) is 2.23. The highest BCUT2D eigenvalue weighted by Gasteiger charge is 2.09. The summed E-state index contributed by atoms with van der Waals surface area (Å²) in [5, 5.41) is 8.91. The predicted molar refractivity (Wildman–Crippen MR) is 83.7 cm³/mol.